The van der Waals surface area contributed by atoms with Crippen LogP contribution in [-0.2, 0) is 15.6 Å². The molecule has 4 nitrogen and oxygen atoms in total. The smallest absolute Gasteiger partial charge is 0.154 e. The van der Waals surface area contributed by atoms with Crippen LogP contribution in [-0.4, -0.2) is 45.8 Å². The molecule has 1 heterocycles. The van der Waals surface area contributed by atoms with Crippen molar-refractivity contribution in [2.45, 2.75) is 25.0 Å². The number of hydrogen-bond donors (Lipinski definition) is 0. The highest BCUT2D eigenvalue weighted by atomic mass is 32.2. The summed E-state index contributed by atoms with van der Waals surface area (Å²) >= 11 is 0. The van der Waals surface area contributed by atoms with Crippen LogP contribution in [0.15, 0.2) is 24.3 Å². The van der Waals surface area contributed by atoms with Crippen LogP contribution in [0, 0.1) is 6.42 Å². The monoisotopic (exact) mass is 310 g/mol. The molecule has 0 saturated carbocycles. The molecule has 1 aromatic carbocycles. The van der Waals surface area contributed by atoms with Crippen LogP contribution >= 0.6 is 0 Å². The van der Waals surface area contributed by atoms with E-state index >= 15 is 0 Å². The zero-order valence-corrected chi connectivity index (χ0v) is 13.4. The number of methoxy groups -OCH3 is 1. The lowest BCUT2D eigenvalue weighted by Crippen LogP contribution is -2.31. The Hall–Kier alpha value is -1.07. The van der Waals surface area contributed by atoms with E-state index in [4.69, 9.17) is 4.74 Å². The predicted molar refractivity (Wildman–Crippen MR) is 85.1 cm³/mol. The summed E-state index contributed by atoms with van der Waals surface area (Å²) in [6, 6.07) is 7.23. The van der Waals surface area contributed by atoms with Gasteiger partial charge in [-0.3, -0.25) is 0 Å². The third-order valence-electron chi connectivity index (χ3n) is 3.77. The third-order valence-corrected chi connectivity index (χ3v) is 5.46. The summed E-state index contributed by atoms with van der Waals surface area (Å²) in [7, 11) is -1.43. The Labute approximate surface area is 128 Å². The Balaban J connectivity index is 1.77. The largest absolute Gasteiger partial charge is 0.497 e. The van der Waals surface area contributed by atoms with Crippen molar-refractivity contribution in [3.05, 3.63) is 36.2 Å². The quantitative estimate of drug-likeness (QED) is 0.775. The summed E-state index contributed by atoms with van der Waals surface area (Å²) in [5.74, 6) is 1.13. The van der Waals surface area contributed by atoms with E-state index in [-0.39, 0.29) is 11.5 Å². The maximum absolute atomic E-state index is 12.1. The first-order chi connectivity index (χ1) is 10.1. The van der Waals surface area contributed by atoms with E-state index in [9.17, 15) is 8.42 Å². The van der Waals surface area contributed by atoms with Crippen LogP contribution in [0.4, 0.5) is 0 Å². The van der Waals surface area contributed by atoms with Gasteiger partial charge in [0.2, 0.25) is 0 Å². The second kappa shape index (κ2) is 7.80. The molecule has 0 atom stereocenters. The first-order valence-electron chi connectivity index (χ1n) is 7.46. The van der Waals surface area contributed by atoms with Gasteiger partial charge in [0.25, 0.3) is 0 Å². The number of ether oxygens (including phenoxy) is 1. The Morgan fingerprint density at radius 1 is 1.14 bits per heavy atom. The number of hydrogen-bond acceptors (Lipinski definition) is 4. The van der Waals surface area contributed by atoms with Crippen molar-refractivity contribution >= 4 is 9.84 Å². The summed E-state index contributed by atoms with van der Waals surface area (Å²) in [6.45, 7) is 3.02. The molecule has 0 unspecified atom stereocenters. The molecule has 117 valence electrons. The van der Waals surface area contributed by atoms with Gasteiger partial charge in [0.05, 0.1) is 18.6 Å². The molecule has 0 amide bonds. The van der Waals surface area contributed by atoms with Crippen molar-refractivity contribution in [1.29, 1.82) is 0 Å². The summed E-state index contributed by atoms with van der Waals surface area (Å²) < 4.78 is 29.4. The Morgan fingerprint density at radius 3 is 2.43 bits per heavy atom. The molecular weight excluding hydrogens is 286 g/mol. The standard InChI is InChI=1S/C16H24NO3S/c1-20-16-8-6-15(7-9-16)14-21(18,19)13-5-12-17-10-3-2-4-11-17/h2,6-9H,3-5,10-14H2,1H3. The summed E-state index contributed by atoms with van der Waals surface area (Å²) in [6.07, 6.45) is 5.27. The van der Waals surface area contributed by atoms with Crippen molar-refractivity contribution in [1.82, 2.24) is 4.90 Å². The fourth-order valence-electron chi connectivity index (χ4n) is 2.58. The normalized spacial score (nSPS) is 16.8. The SMILES string of the molecule is COc1ccc(CS(=O)(=O)CCCN2CC[CH]CC2)cc1. The van der Waals surface area contributed by atoms with E-state index < -0.39 is 9.84 Å². The molecule has 1 fully saturated rings. The van der Waals surface area contributed by atoms with Gasteiger partial charge in [0.15, 0.2) is 9.84 Å². The van der Waals surface area contributed by atoms with Gasteiger partial charge in [0.1, 0.15) is 5.75 Å². The van der Waals surface area contributed by atoms with E-state index in [0.717, 1.165) is 50.2 Å². The lowest BCUT2D eigenvalue weighted by molar-refractivity contribution is 0.255. The van der Waals surface area contributed by atoms with E-state index in [2.05, 4.69) is 11.3 Å². The van der Waals surface area contributed by atoms with Crippen LogP contribution in [0.1, 0.15) is 24.8 Å². The zero-order chi connectivity index (χ0) is 15.1. The number of benzene rings is 1. The fourth-order valence-corrected chi connectivity index (χ4v) is 4.00. The van der Waals surface area contributed by atoms with Crippen LogP contribution in [0.2, 0.25) is 0 Å². The maximum atomic E-state index is 12.1. The lowest BCUT2D eigenvalue weighted by Gasteiger charge is -2.26. The average Bonchev–Trinajstić information content (AvgIpc) is 2.48. The first-order valence-corrected chi connectivity index (χ1v) is 9.28. The van der Waals surface area contributed by atoms with Gasteiger partial charge in [-0.1, -0.05) is 12.1 Å². The second-order valence-corrected chi connectivity index (χ2v) is 7.69. The summed E-state index contributed by atoms with van der Waals surface area (Å²) in [4.78, 5) is 2.35. The van der Waals surface area contributed by atoms with Gasteiger partial charge in [-0.05, 0) is 63.0 Å². The number of nitrogens with zero attached hydrogens (tertiary/aromatic N) is 1. The third kappa shape index (κ3) is 5.67. The Morgan fingerprint density at radius 2 is 1.81 bits per heavy atom. The van der Waals surface area contributed by atoms with Gasteiger partial charge in [0, 0.05) is 0 Å². The molecule has 2 rings (SSSR count). The minimum absolute atomic E-state index is 0.116. The Bertz CT molecular complexity index is 519. The van der Waals surface area contributed by atoms with Crippen molar-refractivity contribution in [3.63, 3.8) is 0 Å². The van der Waals surface area contributed by atoms with Crippen LogP contribution in [0.5, 0.6) is 5.75 Å². The lowest BCUT2D eigenvalue weighted by atomic mass is 10.1. The molecule has 21 heavy (non-hydrogen) atoms. The predicted octanol–water partition coefficient (Wildman–Crippen LogP) is 2.30. The van der Waals surface area contributed by atoms with Gasteiger partial charge < -0.3 is 9.64 Å². The highest BCUT2D eigenvalue weighted by Crippen LogP contribution is 2.14. The number of sulfone groups is 1. The van der Waals surface area contributed by atoms with Crippen LogP contribution in [0.3, 0.4) is 0 Å². The molecule has 1 saturated heterocycles. The highest BCUT2D eigenvalue weighted by molar-refractivity contribution is 7.90. The van der Waals surface area contributed by atoms with Crippen LogP contribution < -0.4 is 4.74 Å². The molecule has 0 N–H and O–H groups in total. The van der Waals surface area contributed by atoms with E-state index in [0.29, 0.717) is 0 Å². The van der Waals surface area contributed by atoms with Crippen molar-refractivity contribution in [2.75, 3.05) is 32.5 Å². The molecule has 1 aliphatic rings. The van der Waals surface area contributed by atoms with E-state index in [1.54, 1.807) is 19.2 Å². The topological polar surface area (TPSA) is 46.6 Å². The maximum Gasteiger partial charge on any atom is 0.154 e. The fraction of sp³-hybridized carbons (Fsp3) is 0.562. The minimum atomic E-state index is -3.03. The molecule has 0 aromatic heterocycles. The van der Waals surface area contributed by atoms with Crippen LogP contribution in [0.25, 0.3) is 0 Å². The Kier molecular flexibility index (Phi) is 6.06. The molecule has 1 aromatic rings. The second-order valence-electron chi connectivity index (χ2n) is 5.50. The summed E-state index contributed by atoms with van der Waals surface area (Å²) in [5, 5.41) is 0. The average molecular weight is 310 g/mol. The van der Waals surface area contributed by atoms with E-state index in [1.807, 2.05) is 12.1 Å². The molecule has 0 aliphatic carbocycles. The highest BCUT2D eigenvalue weighted by Gasteiger charge is 2.14. The van der Waals surface area contributed by atoms with Gasteiger partial charge in [-0.15, -0.1) is 0 Å². The van der Waals surface area contributed by atoms with Gasteiger partial charge in [-0.25, -0.2) is 8.42 Å². The van der Waals surface area contributed by atoms with Crippen molar-refractivity contribution < 1.29 is 13.2 Å². The van der Waals surface area contributed by atoms with Gasteiger partial charge >= 0.3 is 0 Å². The number of likely N-dealkylation sites (tertiary alicyclic amines) is 1. The summed E-state index contributed by atoms with van der Waals surface area (Å²) in [5.41, 5.74) is 0.823. The van der Waals surface area contributed by atoms with Crippen molar-refractivity contribution in [2.24, 2.45) is 0 Å². The first kappa shape index (κ1) is 16.3. The molecule has 5 heteroatoms. The molecule has 0 spiro atoms. The zero-order valence-electron chi connectivity index (χ0n) is 12.6. The number of piperidine rings is 1. The molecule has 0 bridgehead atoms. The molecular formula is C16H24NO3S. The molecule has 1 aliphatic heterocycles. The molecule has 1 radical (unpaired) electrons. The number of rotatable bonds is 7. The van der Waals surface area contributed by atoms with Crippen molar-refractivity contribution in [3.8, 4) is 5.75 Å². The van der Waals surface area contributed by atoms with E-state index in [1.165, 1.54) is 0 Å². The van der Waals surface area contributed by atoms with Gasteiger partial charge in [-0.2, -0.15) is 0 Å². The minimum Gasteiger partial charge on any atom is -0.497 e.